The Morgan fingerprint density at radius 1 is 1.21 bits per heavy atom. The summed E-state index contributed by atoms with van der Waals surface area (Å²) in [6, 6.07) is 3.59. The molecule has 1 fully saturated rings. The van der Waals surface area contributed by atoms with Crippen LogP contribution in [0.15, 0.2) is 12.1 Å². The normalized spacial score (nSPS) is 15.0. The monoisotopic (exact) mass is 195 g/mol. The van der Waals surface area contributed by atoms with Gasteiger partial charge in [0.15, 0.2) is 5.75 Å². The van der Waals surface area contributed by atoms with Crippen LogP contribution < -0.4 is 14.2 Å². The maximum Gasteiger partial charge on any atom is 0.260 e. The minimum atomic E-state index is 0.346. The second kappa shape index (κ2) is 3.74. The molecule has 4 nitrogen and oxygen atoms in total. The van der Waals surface area contributed by atoms with Crippen molar-refractivity contribution in [1.82, 2.24) is 4.98 Å². The number of hydrogen-bond acceptors (Lipinski definition) is 4. The van der Waals surface area contributed by atoms with Gasteiger partial charge in [-0.2, -0.15) is 4.98 Å². The Morgan fingerprint density at radius 3 is 2.57 bits per heavy atom. The van der Waals surface area contributed by atoms with E-state index in [9.17, 15) is 0 Å². The van der Waals surface area contributed by atoms with Crippen LogP contribution in [0.2, 0.25) is 0 Å². The zero-order valence-electron chi connectivity index (χ0n) is 8.32. The lowest BCUT2D eigenvalue weighted by Crippen LogP contribution is -2.00. The van der Waals surface area contributed by atoms with Gasteiger partial charge in [-0.1, -0.05) is 0 Å². The summed E-state index contributed by atoms with van der Waals surface area (Å²) >= 11 is 0. The second-order valence-electron chi connectivity index (χ2n) is 3.18. The average molecular weight is 195 g/mol. The molecule has 1 saturated carbocycles. The summed E-state index contributed by atoms with van der Waals surface area (Å²) < 4.78 is 15.7. The maximum absolute atomic E-state index is 5.60. The summed E-state index contributed by atoms with van der Waals surface area (Å²) in [6.45, 7) is 0. The summed E-state index contributed by atoms with van der Waals surface area (Å²) in [4.78, 5) is 4.12. The van der Waals surface area contributed by atoms with Crippen molar-refractivity contribution in [3.05, 3.63) is 12.1 Å². The molecular formula is C10H13NO3. The predicted octanol–water partition coefficient (Wildman–Crippen LogP) is 1.64. The summed E-state index contributed by atoms with van der Waals surface area (Å²) in [5, 5.41) is 0. The highest BCUT2D eigenvalue weighted by atomic mass is 16.5. The van der Waals surface area contributed by atoms with Crippen LogP contribution >= 0.6 is 0 Å². The highest BCUT2D eigenvalue weighted by Crippen LogP contribution is 2.33. The van der Waals surface area contributed by atoms with Crippen LogP contribution in [-0.4, -0.2) is 25.3 Å². The van der Waals surface area contributed by atoms with Crippen molar-refractivity contribution in [3.63, 3.8) is 0 Å². The summed E-state index contributed by atoms with van der Waals surface area (Å²) in [6.07, 6.45) is 2.59. The van der Waals surface area contributed by atoms with E-state index in [-0.39, 0.29) is 0 Å². The Kier molecular flexibility index (Phi) is 2.43. The molecule has 0 unspecified atom stereocenters. The lowest BCUT2D eigenvalue weighted by molar-refractivity contribution is 0.273. The zero-order valence-corrected chi connectivity index (χ0v) is 8.32. The van der Waals surface area contributed by atoms with Crippen molar-refractivity contribution < 1.29 is 14.2 Å². The molecule has 0 amide bonds. The molecule has 1 aromatic rings. The van der Waals surface area contributed by atoms with E-state index in [0.717, 1.165) is 12.8 Å². The molecule has 0 spiro atoms. The topological polar surface area (TPSA) is 40.6 Å². The second-order valence-corrected chi connectivity index (χ2v) is 3.18. The van der Waals surface area contributed by atoms with E-state index >= 15 is 0 Å². The van der Waals surface area contributed by atoms with Gasteiger partial charge in [0.25, 0.3) is 5.88 Å². The smallest absolute Gasteiger partial charge is 0.260 e. The highest BCUT2D eigenvalue weighted by molar-refractivity contribution is 5.37. The van der Waals surface area contributed by atoms with Crippen LogP contribution in [0.5, 0.6) is 17.5 Å². The Morgan fingerprint density at radius 2 is 2.00 bits per heavy atom. The number of pyridine rings is 1. The third-order valence-electron chi connectivity index (χ3n) is 2.02. The molecule has 0 aliphatic heterocycles. The van der Waals surface area contributed by atoms with Gasteiger partial charge >= 0.3 is 0 Å². The van der Waals surface area contributed by atoms with E-state index in [1.54, 1.807) is 20.3 Å². The molecule has 1 heterocycles. The van der Waals surface area contributed by atoms with E-state index in [4.69, 9.17) is 14.2 Å². The molecule has 0 radical (unpaired) electrons. The molecule has 4 heteroatoms. The third kappa shape index (κ3) is 1.89. The Labute approximate surface area is 82.8 Å². The predicted molar refractivity (Wildman–Crippen MR) is 51.0 cm³/mol. The summed E-state index contributed by atoms with van der Waals surface area (Å²) in [5.74, 6) is 1.71. The van der Waals surface area contributed by atoms with Gasteiger partial charge in [-0.3, -0.25) is 0 Å². The van der Waals surface area contributed by atoms with Gasteiger partial charge in [0.05, 0.1) is 20.3 Å². The van der Waals surface area contributed by atoms with Gasteiger partial charge in [0.2, 0.25) is 5.88 Å². The molecule has 2 rings (SSSR count). The van der Waals surface area contributed by atoms with Gasteiger partial charge in [0, 0.05) is 6.07 Å². The molecule has 0 N–H and O–H groups in total. The van der Waals surface area contributed by atoms with Gasteiger partial charge in [-0.15, -0.1) is 0 Å². The Balaban J connectivity index is 2.19. The molecular weight excluding hydrogens is 182 g/mol. The van der Waals surface area contributed by atoms with E-state index in [0.29, 0.717) is 23.6 Å². The molecule has 1 aliphatic rings. The van der Waals surface area contributed by atoms with Gasteiger partial charge in [-0.05, 0) is 18.9 Å². The van der Waals surface area contributed by atoms with E-state index in [1.807, 2.05) is 6.07 Å². The summed E-state index contributed by atoms with van der Waals surface area (Å²) in [5.41, 5.74) is 0. The first-order valence-electron chi connectivity index (χ1n) is 4.59. The third-order valence-corrected chi connectivity index (χ3v) is 2.02. The largest absolute Gasteiger partial charge is 0.485 e. The molecule has 0 saturated heterocycles. The molecule has 0 bridgehead atoms. The first-order chi connectivity index (χ1) is 6.83. The van der Waals surface area contributed by atoms with Crippen LogP contribution in [-0.2, 0) is 0 Å². The van der Waals surface area contributed by atoms with Crippen LogP contribution in [0.4, 0.5) is 0 Å². The standard InChI is InChI=1S/C10H13NO3/c1-12-9-6-5-8(10(11-9)13-2)14-7-3-4-7/h5-7H,3-4H2,1-2H3. The van der Waals surface area contributed by atoms with Crippen molar-refractivity contribution in [3.8, 4) is 17.5 Å². The zero-order chi connectivity index (χ0) is 9.97. The van der Waals surface area contributed by atoms with Crippen LogP contribution in [0.25, 0.3) is 0 Å². The lowest BCUT2D eigenvalue weighted by atomic mass is 10.4. The van der Waals surface area contributed by atoms with Crippen LogP contribution in [0, 0.1) is 0 Å². The fraction of sp³-hybridized carbons (Fsp3) is 0.500. The fourth-order valence-corrected chi connectivity index (χ4v) is 1.13. The Hall–Kier alpha value is -1.45. The molecule has 76 valence electrons. The fourth-order valence-electron chi connectivity index (χ4n) is 1.13. The van der Waals surface area contributed by atoms with Gasteiger partial charge < -0.3 is 14.2 Å². The number of rotatable bonds is 4. The van der Waals surface area contributed by atoms with Crippen molar-refractivity contribution in [1.29, 1.82) is 0 Å². The SMILES string of the molecule is COc1ccc(OC2CC2)c(OC)n1. The summed E-state index contributed by atoms with van der Waals surface area (Å²) in [7, 11) is 3.14. The van der Waals surface area contributed by atoms with Crippen LogP contribution in [0.3, 0.4) is 0 Å². The van der Waals surface area contributed by atoms with Crippen molar-refractivity contribution in [2.75, 3.05) is 14.2 Å². The maximum atomic E-state index is 5.60. The molecule has 1 aromatic heterocycles. The number of nitrogens with zero attached hydrogens (tertiary/aromatic N) is 1. The number of methoxy groups -OCH3 is 2. The van der Waals surface area contributed by atoms with E-state index < -0.39 is 0 Å². The Bertz CT molecular complexity index is 323. The first-order valence-corrected chi connectivity index (χ1v) is 4.59. The van der Waals surface area contributed by atoms with Gasteiger partial charge in [-0.25, -0.2) is 0 Å². The highest BCUT2D eigenvalue weighted by Gasteiger charge is 2.25. The minimum absolute atomic E-state index is 0.346. The average Bonchev–Trinajstić information content (AvgIpc) is 3.02. The number of aromatic nitrogens is 1. The van der Waals surface area contributed by atoms with Crippen molar-refractivity contribution >= 4 is 0 Å². The first kappa shape index (κ1) is 9.12. The van der Waals surface area contributed by atoms with Crippen LogP contribution in [0.1, 0.15) is 12.8 Å². The molecule has 14 heavy (non-hydrogen) atoms. The van der Waals surface area contributed by atoms with Crippen molar-refractivity contribution in [2.24, 2.45) is 0 Å². The van der Waals surface area contributed by atoms with Crippen molar-refractivity contribution in [2.45, 2.75) is 18.9 Å². The lowest BCUT2D eigenvalue weighted by Gasteiger charge is -2.09. The molecule has 0 atom stereocenters. The van der Waals surface area contributed by atoms with E-state index in [1.165, 1.54) is 0 Å². The number of ether oxygens (including phenoxy) is 3. The molecule has 1 aliphatic carbocycles. The molecule has 0 aromatic carbocycles. The van der Waals surface area contributed by atoms with Gasteiger partial charge in [0.1, 0.15) is 0 Å². The minimum Gasteiger partial charge on any atom is -0.485 e. The van der Waals surface area contributed by atoms with E-state index in [2.05, 4.69) is 4.98 Å². The quantitative estimate of drug-likeness (QED) is 0.732. The number of hydrogen-bond donors (Lipinski definition) is 0.